The molecule has 5 nitrogen and oxygen atoms in total. The van der Waals surface area contributed by atoms with Crippen molar-refractivity contribution in [3.63, 3.8) is 0 Å². The predicted octanol–water partition coefficient (Wildman–Crippen LogP) is 3.79. The lowest BCUT2D eigenvalue weighted by molar-refractivity contribution is 0.0546. The number of carbonyl (C=O) groups excluding carboxylic acids is 1. The topological polar surface area (TPSA) is 53.3 Å². The van der Waals surface area contributed by atoms with Crippen LogP contribution in [0.5, 0.6) is 0 Å². The van der Waals surface area contributed by atoms with Gasteiger partial charge in [0.25, 0.3) is 0 Å². The van der Waals surface area contributed by atoms with Crippen LogP contribution in [0.3, 0.4) is 0 Å². The molecule has 7 heteroatoms. The molecule has 0 fully saturated rings. The highest BCUT2D eigenvalue weighted by molar-refractivity contribution is 6.76. The van der Waals surface area contributed by atoms with Crippen molar-refractivity contribution in [2.24, 2.45) is 0 Å². The first kappa shape index (κ1) is 17.0. The Labute approximate surface area is 136 Å². The number of fused-ring (bicyclic) bond motifs is 1. The molecule has 0 unspecified atom stereocenters. The van der Waals surface area contributed by atoms with Crippen LogP contribution in [-0.4, -0.2) is 37.3 Å². The van der Waals surface area contributed by atoms with Crippen molar-refractivity contribution in [3.8, 4) is 0 Å². The van der Waals surface area contributed by atoms with Crippen LogP contribution >= 0.6 is 11.6 Å². The Balaban J connectivity index is 2.26. The van der Waals surface area contributed by atoms with Crippen LogP contribution in [0.1, 0.15) is 10.5 Å². The minimum absolute atomic E-state index is 0.290. The SMILES string of the molecule is COC(=O)c1cc2c(Cl)nccc2n1COCC[Si](C)(C)C. The fourth-order valence-electron chi connectivity index (χ4n) is 2.10. The number of aromatic nitrogens is 2. The normalized spacial score (nSPS) is 11.9. The number of hydrogen-bond donors (Lipinski definition) is 0. The fraction of sp³-hybridized carbons (Fsp3) is 0.467. The van der Waals surface area contributed by atoms with Gasteiger partial charge in [-0.3, -0.25) is 0 Å². The van der Waals surface area contributed by atoms with Crippen LogP contribution in [0.25, 0.3) is 10.9 Å². The van der Waals surface area contributed by atoms with E-state index in [0.29, 0.717) is 24.2 Å². The third-order valence-electron chi connectivity index (χ3n) is 3.39. The summed E-state index contributed by atoms with van der Waals surface area (Å²) in [5.74, 6) is -0.416. The molecule has 0 amide bonds. The summed E-state index contributed by atoms with van der Waals surface area (Å²) in [5, 5.41) is 1.09. The predicted molar refractivity (Wildman–Crippen MR) is 90.2 cm³/mol. The summed E-state index contributed by atoms with van der Waals surface area (Å²) in [6.07, 6.45) is 1.62. The molecular weight excluding hydrogens is 320 g/mol. The van der Waals surface area contributed by atoms with Gasteiger partial charge in [-0.15, -0.1) is 0 Å². The Morgan fingerprint density at radius 2 is 2.14 bits per heavy atom. The third kappa shape index (κ3) is 3.88. The molecule has 0 saturated heterocycles. The fourth-order valence-corrected chi connectivity index (χ4v) is 3.06. The van der Waals surface area contributed by atoms with Crippen LogP contribution in [0, 0.1) is 0 Å². The van der Waals surface area contributed by atoms with E-state index in [2.05, 4.69) is 24.6 Å². The molecule has 0 N–H and O–H groups in total. The monoisotopic (exact) mass is 340 g/mol. The highest BCUT2D eigenvalue weighted by atomic mass is 35.5. The molecule has 0 aromatic carbocycles. The molecule has 120 valence electrons. The number of methoxy groups -OCH3 is 1. The van der Waals surface area contributed by atoms with E-state index in [9.17, 15) is 4.79 Å². The Morgan fingerprint density at radius 1 is 1.41 bits per heavy atom. The number of ether oxygens (including phenoxy) is 2. The number of hydrogen-bond acceptors (Lipinski definition) is 4. The number of rotatable bonds is 6. The summed E-state index contributed by atoms with van der Waals surface area (Å²) in [7, 11) is 0.216. The molecule has 2 aromatic rings. The Morgan fingerprint density at radius 3 is 2.77 bits per heavy atom. The molecule has 0 atom stereocenters. The van der Waals surface area contributed by atoms with Gasteiger partial charge in [-0.1, -0.05) is 31.2 Å². The Hall–Kier alpha value is -1.37. The second kappa shape index (κ2) is 6.81. The number of carbonyl (C=O) groups is 1. The third-order valence-corrected chi connectivity index (χ3v) is 5.40. The zero-order valence-corrected chi connectivity index (χ0v) is 15.1. The van der Waals surface area contributed by atoms with E-state index in [0.717, 1.165) is 16.9 Å². The highest BCUT2D eigenvalue weighted by Crippen LogP contribution is 2.26. The largest absolute Gasteiger partial charge is 0.464 e. The van der Waals surface area contributed by atoms with Crippen molar-refractivity contribution in [1.82, 2.24) is 9.55 Å². The van der Waals surface area contributed by atoms with Crippen molar-refractivity contribution in [2.45, 2.75) is 32.4 Å². The summed E-state index contributed by atoms with van der Waals surface area (Å²) in [6, 6.07) is 4.58. The zero-order valence-electron chi connectivity index (χ0n) is 13.4. The molecule has 2 aromatic heterocycles. The average molecular weight is 341 g/mol. The standard InChI is InChI=1S/C15H21ClN2O3Si/c1-20-15(19)13-9-11-12(5-6-17-14(11)16)18(13)10-21-7-8-22(2,3)4/h5-6,9H,7-8,10H2,1-4H3. The van der Waals surface area contributed by atoms with Gasteiger partial charge in [-0.25, -0.2) is 9.78 Å². The lowest BCUT2D eigenvalue weighted by Gasteiger charge is -2.16. The van der Waals surface area contributed by atoms with Crippen molar-refractivity contribution >= 4 is 36.5 Å². The maximum absolute atomic E-state index is 12.0. The van der Waals surface area contributed by atoms with Gasteiger partial charge >= 0.3 is 5.97 Å². The highest BCUT2D eigenvalue weighted by Gasteiger charge is 2.18. The number of pyridine rings is 1. The lowest BCUT2D eigenvalue weighted by Crippen LogP contribution is -2.22. The molecule has 0 radical (unpaired) electrons. The van der Waals surface area contributed by atoms with Gasteiger partial charge in [0, 0.05) is 26.3 Å². The number of esters is 1. The summed E-state index contributed by atoms with van der Waals surface area (Å²) in [4.78, 5) is 16.0. The Kier molecular flexibility index (Phi) is 5.26. The smallest absolute Gasteiger partial charge is 0.354 e. The molecule has 2 rings (SSSR count). The van der Waals surface area contributed by atoms with Gasteiger partial charge in [0.05, 0.1) is 12.6 Å². The van der Waals surface area contributed by atoms with Crippen LogP contribution in [0.4, 0.5) is 0 Å². The van der Waals surface area contributed by atoms with E-state index in [1.807, 2.05) is 6.07 Å². The molecule has 0 aliphatic heterocycles. The molecule has 0 spiro atoms. The van der Waals surface area contributed by atoms with Crippen molar-refractivity contribution in [3.05, 3.63) is 29.2 Å². The first-order chi connectivity index (χ1) is 10.3. The van der Waals surface area contributed by atoms with Crippen molar-refractivity contribution in [1.29, 1.82) is 0 Å². The van der Waals surface area contributed by atoms with Crippen LogP contribution in [-0.2, 0) is 16.2 Å². The molecule has 0 aliphatic rings. The van der Waals surface area contributed by atoms with Crippen LogP contribution in [0.2, 0.25) is 30.8 Å². The van der Waals surface area contributed by atoms with E-state index in [4.69, 9.17) is 21.1 Å². The molecule has 22 heavy (non-hydrogen) atoms. The van der Waals surface area contributed by atoms with Crippen LogP contribution < -0.4 is 0 Å². The van der Waals surface area contributed by atoms with E-state index >= 15 is 0 Å². The second-order valence-corrected chi connectivity index (χ2v) is 12.3. The minimum Gasteiger partial charge on any atom is -0.464 e. The molecule has 0 bridgehead atoms. The van der Waals surface area contributed by atoms with Crippen LogP contribution in [0.15, 0.2) is 18.3 Å². The summed E-state index contributed by atoms with van der Waals surface area (Å²) >= 11 is 6.10. The van der Waals surface area contributed by atoms with Gasteiger partial charge in [0.15, 0.2) is 0 Å². The first-order valence-electron chi connectivity index (χ1n) is 7.13. The maximum Gasteiger partial charge on any atom is 0.354 e. The number of nitrogens with zero attached hydrogens (tertiary/aromatic N) is 2. The molecule has 0 aliphatic carbocycles. The molecular formula is C15H21ClN2O3Si. The van der Waals surface area contributed by atoms with Crippen molar-refractivity contribution in [2.75, 3.05) is 13.7 Å². The quantitative estimate of drug-likeness (QED) is 0.347. The van der Waals surface area contributed by atoms with Gasteiger partial charge in [-0.05, 0) is 18.2 Å². The first-order valence-corrected chi connectivity index (χ1v) is 11.2. The van der Waals surface area contributed by atoms with Gasteiger partial charge in [0.2, 0.25) is 0 Å². The maximum atomic E-state index is 12.0. The Bertz CT molecular complexity index is 679. The molecule has 0 saturated carbocycles. The summed E-state index contributed by atoms with van der Waals surface area (Å²) in [5.41, 5.74) is 1.23. The van der Waals surface area contributed by atoms with Gasteiger partial charge in [-0.2, -0.15) is 0 Å². The van der Waals surface area contributed by atoms with E-state index in [1.165, 1.54) is 7.11 Å². The zero-order chi connectivity index (χ0) is 16.3. The van der Waals surface area contributed by atoms with Crippen molar-refractivity contribution < 1.29 is 14.3 Å². The van der Waals surface area contributed by atoms with E-state index < -0.39 is 14.0 Å². The minimum atomic E-state index is -1.14. The second-order valence-electron chi connectivity index (χ2n) is 6.33. The van der Waals surface area contributed by atoms with Gasteiger partial charge < -0.3 is 14.0 Å². The number of halogens is 1. The molecule has 2 heterocycles. The summed E-state index contributed by atoms with van der Waals surface area (Å²) < 4.78 is 12.4. The van der Waals surface area contributed by atoms with Gasteiger partial charge in [0.1, 0.15) is 17.6 Å². The average Bonchev–Trinajstić information content (AvgIpc) is 2.82. The van der Waals surface area contributed by atoms with E-state index in [-0.39, 0.29) is 0 Å². The van der Waals surface area contributed by atoms with E-state index in [1.54, 1.807) is 16.8 Å². The summed E-state index contributed by atoms with van der Waals surface area (Å²) in [6.45, 7) is 7.86. The lowest BCUT2D eigenvalue weighted by atomic mass is 10.3.